The van der Waals surface area contributed by atoms with Gasteiger partial charge in [-0.25, -0.2) is 9.59 Å². The van der Waals surface area contributed by atoms with Gasteiger partial charge in [-0.05, 0) is 37.6 Å². The first kappa shape index (κ1) is 26.2. The Hall–Kier alpha value is -2.80. The number of carbonyl (C=O) groups excluding carboxylic acids is 1. The number of hydrogen-bond donors (Lipinski definition) is 4. The first-order valence-corrected chi connectivity index (χ1v) is 10.8. The number of rotatable bonds is 10. The molecule has 2 unspecified atom stereocenters. The molecule has 1 aromatic carbocycles. The number of aliphatic carboxylic acids is 1. The summed E-state index contributed by atoms with van der Waals surface area (Å²) in [5.74, 6) is -0.899. The highest BCUT2D eigenvalue weighted by atomic mass is 16.5. The lowest BCUT2D eigenvalue weighted by atomic mass is 9.90. The number of nitrogens with one attached hydrogen (secondary N) is 2. The molecule has 0 bridgehead atoms. The van der Waals surface area contributed by atoms with E-state index in [2.05, 4.69) is 24.5 Å². The maximum absolute atomic E-state index is 11.8. The van der Waals surface area contributed by atoms with Crippen LogP contribution < -0.4 is 10.6 Å². The van der Waals surface area contributed by atoms with E-state index >= 15 is 0 Å². The van der Waals surface area contributed by atoms with Crippen molar-refractivity contribution in [2.45, 2.75) is 51.5 Å². The Balaban J connectivity index is 0.000000327. The van der Waals surface area contributed by atoms with Gasteiger partial charge in [-0.15, -0.1) is 0 Å². The fourth-order valence-electron chi connectivity index (χ4n) is 3.09. The van der Waals surface area contributed by atoms with E-state index in [-0.39, 0.29) is 11.3 Å². The van der Waals surface area contributed by atoms with Crippen molar-refractivity contribution < 1.29 is 24.5 Å². The number of esters is 1. The average molecular weight is 433 g/mol. The third-order valence-corrected chi connectivity index (χ3v) is 5.43. The number of para-hydroxylation sites is 1. The Morgan fingerprint density at radius 3 is 2.42 bits per heavy atom. The van der Waals surface area contributed by atoms with E-state index < -0.39 is 17.5 Å². The van der Waals surface area contributed by atoms with Gasteiger partial charge in [-0.3, -0.25) is 0 Å². The Morgan fingerprint density at radius 2 is 1.94 bits per heavy atom. The molecule has 7 nitrogen and oxygen atoms in total. The van der Waals surface area contributed by atoms with E-state index in [4.69, 9.17) is 9.84 Å². The Labute approximate surface area is 185 Å². The normalized spacial score (nSPS) is 18.3. The number of hydrogen-bond acceptors (Lipinski definition) is 6. The van der Waals surface area contributed by atoms with Crippen molar-refractivity contribution in [2.75, 3.05) is 20.7 Å². The van der Waals surface area contributed by atoms with Crippen molar-refractivity contribution in [1.29, 1.82) is 0 Å². The molecule has 2 rings (SSSR count). The zero-order valence-electron chi connectivity index (χ0n) is 19.0. The van der Waals surface area contributed by atoms with Crippen molar-refractivity contribution in [3.8, 4) is 5.75 Å². The smallest absolute Gasteiger partial charge is 0.341 e. The van der Waals surface area contributed by atoms with Crippen LogP contribution >= 0.6 is 0 Å². The molecule has 0 spiro atoms. The highest BCUT2D eigenvalue weighted by Crippen LogP contribution is 2.20. The lowest BCUT2D eigenvalue weighted by Crippen LogP contribution is -2.49. The van der Waals surface area contributed by atoms with E-state index in [0.717, 1.165) is 31.4 Å². The first-order valence-electron chi connectivity index (χ1n) is 10.8. The van der Waals surface area contributed by atoms with E-state index in [0.29, 0.717) is 18.9 Å². The van der Waals surface area contributed by atoms with Gasteiger partial charge in [0.2, 0.25) is 0 Å². The number of benzene rings is 1. The molecule has 0 saturated carbocycles. The molecule has 1 aliphatic rings. The van der Waals surface area contributed by atoms with Crippen LogP contribution in [-0.4, -0.2) is 48.4 Å². The molecular weight excluding hydrogens is 396 g/mol. The minimum absolute atomic E-state index is 0.0240. The molecule has 31 heavy (non-hydrogen) atoms. The van der Waals surface area contributed by atoms with Crippen LogP contribution in [0, 0.1) is 5.92 Å². The van der Waals surface area contributed by atoms with Gasteiger partial charge in [0.05, 0.1) is 6.61 Å². The van der Waals surface area contributed by atoms with Crippen LogP contribution in [-0.2, 0) is 9.53 Å². The van der Waals surface area contributed by atoms with Crippen molar-refractivity contribution in [3.05, 3.63) is 53.8 Å². The van der Waals surface area contributed by atoms with Gasteiger partial charge >= 0.3 is 11.9 Å². The number of carboxylic acids is 1. The van der Waals surface area contributed by atoms with E-state index in [9.17, 15) is 14.7 Å². The van der Waals surface area contributed by atoms with Crippen molar-refractivity contribution >= 4 is 11.9 Å². The van der Waals surface area contributed by atoms with Gasteiger partial charge in [0.15, 0.2) is 0 Å². The number of unbranched alkanes of at least 4 members (excludes halogenated alkanes) is 1. The standard InChI is InChI=1S/C15H22O3.C9H14N2O2/c1-3-5-8-12(4-2)11-18-15(17)13-9-6-7-10-14(13)16;1-10-7-3-5-9(11-2,6-4-7)8(12)13/h6-7,9-10,12,16H,3-5,8,11H2,1-2H3;3-5,10-11H,6H2,1-2H3,(H,12,13). The maximum Gasteiger partial charge on any atom is 0.341 e. The lowest BCUT2D eigenvalue weighted by molar-refractivity contribution is -0.142. The van der Waals surface area contributed by atoms with Crippen LogP contribution in [0.5, 0.6) is 5.75 Å². The van der Waals surface area contributed by atoms with Crippen LogP contribution in [0.25, 0.3) is 0 Å². The molecule has 1 aliphatic carbocycles. The quantitative estimate of drug-likeness (QED) is 0.416. The van der Waals surface area contributed by atoms with E-state index in [1.54, 1.807) is 37.4 Å². The summed E-state index contributed by atoms with van der Waals surface area (Å²) in [5, 5.41) is 24.3. The summed E-state index contributed by atoms with van der Waals surface area (Å²) in [6.07, 6.45) is 10.2. The molecule has 0 aromatic heterocycles. The summed E-state index contributed by atoms with van der Waals surface area (Å²) in [7, 11) is 3.46. The summed E-state index contributed by atoms with van der Waals surface area (Å²) < 4.78 is 5.26. The molecular formula is C24H36N2O5. The van der Waals surface area contributed by atoms with Gasteiger partial charge in [0.25, 0.3) is 0 Å². The predicted octanol–water partition coefficient (Wildman–Crippen LogP) is 3.86. The summed E-state index contributed by atoms with van der Waals surface area (Å²) in [4.78, 5) is 22.7. The zero-order valence-corrected chi connectivity index (χ0v) is 19.0. The van der Waals surface area contributed by atoms with Crippen LogP contribution in [0.15, 0.2) is 48.2 Å². The highest BCUT2D eigenvalue weighted by Gasteiger charge is 2.34. The summed E-state index contributed by atoms with van der Waals surface area (Å²) in [6, 6.07) is 6.46. The predicted molar refractivity (Wildman–Crippen MR) is 122 cm³/mol. The third-order valence-electron chi connectivity index (χ3n) is 5.43. The Morgan fingerprint density at radius 1 is 1.23 bits per heavy atom. The Kier molecular flexibility index (Phi) is 11.4. The number of phenols is 1. The fraction of sp³-hybridized carbons (Fsp3) is 0.500. The first-order chi connectivity index (χ1) is 14.8. The van der Waals surface area contributed by atoms with E-state index in [1.807, 2.05) is 13.1 Å². The number of ether oxygens (including phenoxy) is 1. The molecule has 4 N–H and O–H groups in total. The minimum Gasteiger partial charge on any atom is -0.507 e. The minimum atomic E-state index is -0.930. The second-order valence-electron chi connectivity index (χ2n) is 7.51. The summed E-state index contributed by atoms with van der Waals surface area (Å²) >= 11 is 0. The topological polar surface area (TPSA) is 108 Å². The number of allylic oxidation sites excluding steroid dienone is 1. The van der Waals surface area contributed by atoms with Crippen LogP contribution in [0.1, 0.15) is 56.3 Å². The number of carbonyl (C=O) groups is 2. The van der Waals surface area contributed by atoms with E-state index in [1.165, 1.54) is 6.07 Å². The second kappa shape index (κ2) is 13.5. The SMILES string of the molecule is CCCCC(CC)COC(=O)c1ccccc1O.CNC1=CCC(NC)(C(=O)O)C=C1. The lowest BCUT2D eigenvalue weighted by Gasteiger charge is -2.27. The monoisotopic (exact) mass is 432 g/mol. The molecule has 0 amide bonds. The van der Waals surface area contributed by atoms with Gasteiger partial charge in [-0.2, -0.15) is 0 Å². The average Bonchev–Trinajstić information content (AvgIpc) is 2.79. The third kappa shape index (κ3) is 8.09. The highest BCUT2D eigenvalue weighted by molar-refractivity contribution is 5.92. The molecule has 172 valence electrons. The molecule has 2 atom stereocenters. The van der Waals surface area contributed by atoms with Crippen LogP contribution in [0.3, 0.4) is 0 Å². The molecule has 0 aliphatic heterocycles. The van der Waals surface area contributed by atoms with Gasteiger partial charge in [0.1, 0.15) is 16.9 Å². The largest absolute Gasteiger partial charge is 0.507 e. The molecule has 7 heteroatoms. The molecule has 0 fully saturated rings. The second-order valence-corrected chi connectivity index (χ2v) is 7.51. The molecule has 0 radical (unpaired) electrons. The summed E-state index contributed by atoms with van der Waals surface area (Å²) in [6.45, 7) is 4.69. The number of phenolic OH excluding ortho intramolecular Hbond substituents is 1. The molecule has 0 saturated heterocycles. The number of likely N-dealkylation sites (N-methyl/N-ethyl adjacent to an activating group) is 2. The fourth-order valence-corrected chi connectivity index (χ4v) is 3.09. The van der Waals surface area contributed by atoms with Crippen LogP contribution in [0.2, 0.25) is 0 Å². The van der Waals surface area contributed by atoms with Crippen molar-refractivity contribution in [1.82, 2.24) is 10.6 Å². The molecule has 0 heterocycles. The van der Waals surface area contributed by atoms with Gasteiger partial charge < -0.3 is 25.6 Å². The number of carboxylic acid groups (broad SMARTS) is 1. The van der Waals surface area contributed by atoms with Crippen molar-refractivity contribution in [3.63, 3.8) is 0 Å². The zero-order chi connectivity index (χ0) is 23.3. The van der Waals surface area contributed by atoms with Gasteiger partial charge in [0, 0.05) is 19.2 Å². The van der Waals surface area contributed by atoms with Crippen molar-refractivity contribution in [2.24, 2.45) is 5.92 Å². The molecule has 1 aromatic rings. The van der Waals surface area contributed by atoms with Crippen LogP contribution in [0.4, 0.5) is 0 Å². The Bertz CT molecular complexity index is 775. The van der Waals surface area contributed by atoms with Gasteiger partial charge in [-0.1, -0.05) is 57.4 Å². The maximum atomic E-state index is 11.8. The number of aromatic hydroxyl groups is 1. The summed E-state index contributed by atoms with van der Waals surface area (Å²) in [5.41, 5.74) is 0.260.